The number of carbonyl (C=O) groups is 1. The van der Waals surface area contributed by atoms with Crippen molar-refractivity contribution in [2.75, 3.05) is 0 Å². The lowest BCUT2D eigenvalue weighted by molar-refractivity contribution is 0.0392. The zero-order valence-corrected chi connectivity index (χ0v) is 10.4. The van der Waals surface area contributed by atoms with E-state index < -0.39 is 5.97 Å². The Morgan fingerprint density at radius 1 is 1.40 bits per heavy atom. The van der Waals surface area contributed by atoms with Gasteiger partial charge >= 0.3 is 5.97 Å². The molecule has 3 aromatic heterocycles. The summed E-state index contributed by atoms with van der Waals surface area (Å²) in [5.74, 6) is 0.190. The minimum absolute atomic E-state index is 0.0215. The molecule has 0 spiro atoms. The summed E-state index contributed by atoms with van der Waals surface area (Å²) in [4.78, 5) is 11.6. The van der Waals surface area contributed by atoms with Gasteiger partial charge < -0.3 is 18.1 Å². The van der Waals surface area contributed by atoms with Crippen LogP contribution in [0, 0.1) is 6.92 Å². The molecular formula is C12H9N3O5. The second-order valence-electron chi connectivity index (χ2n) is 3.89. The Kier molecular flexibility index (Phi) is 3.04. The molecule has 0 saturated heterocycles. The molecule has 0 aliphatic heterocycles. The van der Waals surface area contributed by atoms with Gasteiger partial charge in [-0.2, -0.15) is 0 Å². The summed E-state index contributed by atoms with van der Waals surface area (Å²) in [7, 11) is 0. The number of ether oxygens (including phenoxy) is 1. The third-order valence-electron chi connectivity index (χ3n) is 2.35. The van der Waals surface area contributed by atoms with Crippen LogP contribution in [0.2, 0.25) is 0 Å². The quantitative estimate of drug-likeness (QED) is 0.665. The van der Waals surface area contributed by atoms with Crippen LogP contribution in [0.5, 0.6) is 0 Å². The lowest BCUT2D eigenvalue weighted by Gasteiger charge is -1.97. The van der Waals surface area contributed by atoms with Crippen molar-refractivity contribution in [3.63, 3.8) is 0 Å². The van der Waals surface area contributed by atoms with Crippen LogP contribution >= 0.6 is 0 Å². The molecule has 8 nitrogen and oxygen atoms in total. The predicted molar refractivity (Wildman–Crippen MR) is 62.4 cm³/mol. The molecule has 3 aromatic rings. The maximum absolute atomic E-state index is 11.6. The number of esters is 1. The van der Waals surface area contributed by atoms with Crippen LogP contribution in [0.15, 0.2) is 37.8 Å². The highest BCUT2D eigenvalue weighted by Gasteiger charge is 2.16. The summed E-state index contributed by atoms with van der Waals surface area (Å²) in [6.45, 7) is 1.54. The van der Waals surface area contributed by atoms with Crippen LogP contribution in [-0.2, 0) is 11.3 Å². The van der Waals surface area contributed by atoms with Gasteiger partial charge in [-0.1, -0.05) is 5.16 Å². The average molecular weight is 275 g/mol. The van der Waals surface area contributed by atoms with Gasteiger partial charge in [0.05, 0.1) is 12.0 Å². The molecule has 0 aromatic carbocycles. The van der Waals surface area contributed by atoms with Crippen molar-refractivity contribution in [3.8, 4) is 11.7 Å². The largest absolute Gasteiger partial charge is 0.459 e. The Morgan fingerprint density at radius 2 is 2.30 bits per heavy atom. The highest BCUT2D eigenvalue weighted by molar-refractivity contribution is 5.86. The molecular weight excluding hydrogens is 266 g/mol. The highest BCUT2D eigenvalue weighted by Crippen LogP contribution is 2.18. The Bertz CT molecular complexity index is 713. The topological polar surface area (TPSA) is 104 Å². The molecule has 102 valence electrons. The van der Waals surface area contributed by atoms with E-state index in [1.54, 1.807) is 19.1 Å². The molecule has 0 unspecified atom stereocenters. The number of carbonyl (C=O) groups excluding carboxylic acids is 1. The van der Waals surface area contributed by atoms with E-state index in [-0.39, 0.29) is 24.1 Å². The summed E-state index contributed by atoms with van der Waals surface area (Å²) >= 11 is 0. The van der Waals surface area contributed by atoms with E-state index in [4.69, 9.17) is 18.1 Å². The van der Waals surface area contributed by atoms with Crippen LogP contribution in [0.25, 0.3) is 11.7 Å². The molecule has 0 amide bonds. The van der Waals surface area contributed by atoms with Gasteiger partial charge in [-0.15, -0.1) is 10.2 Å². The van der Waals surface area contributed by atoms with Gasteiger partial charge in [0.2, 0.25) is 5.76 Å². The predicted octanol–water partition coefficient (Wildman–Crippen LogP) is 1.98. The van der Waals surface area contributed by atoms with Crippen molar-refractivity contribution in [3.05, 3.63) is 41.8 Å². The van der Waals surface area contributed by atoms with Crippen LogP contribution in [0.1, 0.15) is 22.1 Å². The van der Waals surface area contributed by atoms with E-state index in [0.29, 0.717) is 11.5 Å². The normalized spacial score (nSPS) is 10.7. The summed E-state index contributed by atoms with van der Waals surface area (Å²) in [6.07, 6.45) is 1.49. The Labute approximate surface area is 112 Å². The van der Waals surface area contributed by atoms with Gasteiger partial charge in [0.1, 0.15) is 0 Å². The van der Waals surface area contributed by atoms with Crippen molar-refractivity contribution >= 4 is 5.97 Å². The molecule has 0 N–H and O–H groups in total. The molecule has 3 heterocycles. The smallest absolute Gasteiger partial charge is 0.377 e. The van der Waals surface area contributed by atoms with E-state index >= 15 is 0 Å². The first kappa shape index (κ1) is 12.2. The molecule has 0 atom stereocenters. The van der Waals surface area contributed by atoms with E-state index in [9.17, 15) is 4.79 Å². The number of aryl methyl sites for hydroxylation is 1. The summed E-state index contributed by atoms with van der Waals surface area (Å²) in [5.41, 5.74) is 0.592. The van der Waals surface area contributed by atoms with Gasteiger partial charge in [0.25, 0.3) is 11.8 Å². The SMILES string of the molecule is Cc1cc(C(=O)OCc2nnc(-c3ccco3)o2)on1. The van der Waals surface area contributed by atoms with E-state index in [0.717, 1.165) is 0 Å². The Hall–Kier alpha value is -2.90. The zero-order chi connectivity index (χ0) is 13.9. The van der Waals surface area contributed by atoms with Gasteiger partial charge in [0.15, 0.2) is 12.4 Å². The van der Waals surface area contributed by atoms with Gasteiger partial charge in [-0.25, -0.2) is 4.79 Å². The van der Waals surface area contributed by atoms with Gasteiger partial charge in [-0.3, -0.25) is 0 Å². The molecule has 8 heteroatoms. The Balaban J connectivity index is 1.63. The lowest BCUT2D eigenvalue weighted by atomic mass is 10.4. The second kappa shape index (κ2) is 5.00. The summed E-state index contributed by atoms with van der Waals surface area (Å²) in [6, 6.07) is 4.86. The first-order chi connectivity index (χ1) is 9.72. The summed E-state index contributed by atoms with van der Waals surface area (Å²) in [5, 5.41) is 11.1. The molecule has 0 saturated carbocycles. The van der Waals surface area contributed by atoms with Crippen LogP contribution in [0.4, 0.5) is 0 Å². The van der Waals surface area contributed by atoms with Crippen molar-refractivity contribution in [2.45, 2.75) is 13.5 Å². The van der Waals surface area contributed by atoms with E-state index in [1.165, 1.54) is 12.3 Å². The minimum atomic E-state index is -0.650. The monoisotopic (exact) mass is 275 g/mol. The number of nitrogens with zero attached hydrogens (tertiary/aromatic N) is 3. The molecule has 20 heavy (non-hydrogen) atoms. The van der Waals surface area contributed by atoms with E-state index in [1.807, 2.05) is 0 Å². The number of hydrogen-bond acceptors (Lipinski definition) is 8. The number of furan rings is 1. The van der Waals surface area contributed by atoms with Crippen molar-refractivity contribution in [2.24, 2.45) is 0 Å². The highest BCUT2D eigenvalue weighted by atomic mass is 16.6. The van der Waals surface area contributed by atoms with Crippen molar-refractivity contribution in [1.82, 2.24) is 15.4 Å². The number of hydrogen-bond donors (Lipinski definition) is 0. The summed E-state index contributed by atoms with van der Waals surface area (Å²) < 4.78 is 20.1. The average Bonchev–Trinajstić information content (AvgIpc) is 3.16. The minimum Gasteiger partial charge on any atom is -0.459 e. The van der Waals surface area contributed by atoms with Gasteiger partial charge in [0, 0.05) is 6.07 Å². The first-order valence-electron chi connectivity index (χ1n) is 5.69. The molecule has 0 fully saturated rings. The molecule has 3 rings (SSSR count). The van der Waals surface area contributed by atoms with Crippen LogP contribution < -0.4 is 0 Å². The van der Waals surface area contributed by atoms with E-state index in [2.05, 4.69) is 15.4 Å². The maximum Gasteiger partial charge on any atom is 0.377 e. The number of rotatable bonds is 4. The third-order valence-corrected chi connectivity index (χ3v) is 2.35. The lowest BCUT2D eigenvalue weighted by Crippen LogP contribution is -2.04. The van der Waals surface area contributed by atoms with Crippen LogP contribution in [0.3, 0.4) is 0 Å². The third kappa shape index (κ3) is 2.44. The van der Waals surface area contributed by atoms with Crippen LogP contribution in [-0.4, -0.2) is 21.3 Å². The molecule has 0 radical (unpaired) electrons. The Morgan fingerprint density at radius 3 is 3.00 bits per heavy atom. The first-order valence-corrected chi connectivity index (χ1v) is 5.69. The fraction of sp³-hybridized carbons (Fsp3) is 0.167. The fourth-order valence-corrected chi connectivity index (χ4v) is 1.47. The zero-order valence-electron chi connectivity index (χ0n) is 10.4. The maximum atomic E-state index is 11.6. The molecule has 0 aliphatic rings. The molecule has 0 aliphatic carbocycles. The van der Waals surface area contributed by atoms with Crippen molar-refractivity contribution in [1.29, 1.82) is 0 Å². The van der Waals surface area contributed by atoms with Crippen molar-refractivity contribution < 1.29 is 22.9 Å². The van der Waals surface area contributed by atoms with Gasteiger partial charge in [-0.05, 0) is 19.1 Å². The number of aromatic nitrogens is 3. The fourth-order valence-electron chi connectivity index (χ4n) is 1.47. The molecule has 0 bridgehead atoms. The second-order valence-corrected chi connectivity index (χ2v) is 3.89. The standard InChI is InChI=1S/C12H9N3O5/c1-7-5-9(20-15-7)12(16)18-6-10-13-14-11(19-10)8-3-2-4-17-8/h2-5H,6H2,1H3.